The van der Waals surface area contributed by atoms with Crippen LogP contribution in [-0.2, 0) is 6.42 Å². The van der Waals surface area contributed by atoms with E-state index in [-0.39, 0.29) is 29.4 Å². The molecule has 1 fully saturated rings. The number of rotatable bonds is 5. The maximum Gasteiger partial charge on any atom is 0.217 e. The van der Waals surface area contributed by atoms with Crippen LogP contribution in [0.15, 0.2) is 36.2 Å². The molecule has 0 amide bonds. The van der Waals surface area contributed by atoms with E-state index < -0.39 is 0 Å². The van der Waals surface area contributed by atoms with E-state index in [2.05, 4.69) is 16.7 Å². The Morgan fingerprint density at radius 1 is 1.43 bits per heavy atom. The molecule has 0 spiro atoms. The molecular formula is C16H18FN3O. The first-order valence-corrected chi connectivity index (χ1v) is 7.29. The predicted octanol–water partition coefficient (Wildman–Crippen LogP) is 3.34. The third-order valence-corrected chi connectivity index (χ3v) is 3.95. The fourth-order valence-electron chi connectivity index (χ4n) is 2.56. The lowest BCUT2D eigenvalue weighted by Crippen LogP contribution is -2.11. The minimum absolute atomic E-state index is 0.0196. The van der Waals surface area contributed by atoms with Gasteiger partial charge in [-0.2, -0.15) is 0 Å². The number of aromatic nitrogens is 3. The minimum Gasteiger partial charge on any atom is -0.290 e. The average Bonchev–Trinajstić information content (AvgIpc) is 3.13. The number of carbonyl (C=O) groups is 1. The van der Waals surface area contributed by atoms with E-state index in [0.29, 0.717) is 12.0 Å². The van der Waals surface area contributed by atoms with E-state index in [1.807, 2.05) is 6.92 Å². The van der Waals surface area contributed by atoms with Crippen LogP contribution in [0.25, 0.3) is 0 Å². The molecule has 1 atom stereocenters. The number of nitrogens with zero attached hydrogens (tertiary/aromatic N) is 3. The summed E-state index contributed by atoms with van der Waals surface area (Å²) in [5.41, 5.74) is 0.391. The second kappa shape index (κ2) is 5.39. The van der Waals surface area contributed by atoms with Crippen LogP contribution in [0.2, 0.25) is 0 Å². The minimum atomic E-state index is -0.350. The number of halogens is 1. The van der Waals surface area contributed by atoms with Crippen LogP contribution in [0, 0.1) is 5.92 Å². The third-order valence-electron chi connectivity index (χ3n) is 3.95. The summed E-state index contributed by atoms with van der Waals surface area (Å²) in [5.74, 6) is 0.802. The molecule has 1 aromatic heterocycles. The van der Waals surface area contributed by atoms with Gasteiger partial charge in [-0.1, -0.05) is 18.7 Å². The monoisotopic (exact) mass is 287 g/mol. The highest BCUT2D eigenvalue weighted by Crippen LogP contribution is 2.35. The summed E-state index contributed by atoms with van der Waals surface area (Å²) in [4.78, 5) is 16.3. The van der Waals surface area contributed by atoms with Crippen LogP contribution in [-0.4, -0.2) is 20.5 Å². The molecule has 0 unspecified atom stereocenters. The first kappa shape index (κ1) is 13.9. The van der Waals surface area contributed by atoms with Crippen molar-refractivity contribution in [2.45, 2.75) is 38.6 Å². The molecule has 1 aromatic rings. The van der Waals surface area contributed by atoms with Gasteiger partial charge in [-0.3, -0.25) is 4.79 Å². The summed E-state index contributed by atoms with van der Waals surface area (Å²) in [5, 5.41) is 4.30. The predicted molar refractivity (Wildman–Crippen MR) is 77.6 cm³/mol. The average molecular weight is 287 g/mol. The molecule has 2 aliphatic rings. The van der Waals surface area contributed by atoms with Gasteiger partial charge in [-0.05, 0) is 32.3 Å². The van der Waals surface area contributed by atoms with E-state index in [1.54, 1.807) is 16.8 Å². The molecule has 0 N–H and O–H groups in total. The normalized spacial score (nSPS) is 21.8. The summed E-state index contributed by atoms with van der Waals surface area (Å²) >= 11 is 0. The Balaban J connectivity index is 1.82. The summed E-state index contributed by atoms with van der Waals surface area (Å²) in [7, 11) is 0. The van der Waals surface area contributed by atoms with Crippen LogP contribution in [0.3, 0.4) is 0 Å². The van der Waals surface area contributed by atoms with Gasteiger partial charge in [0, 0.05) is 17.9 Å². The summed E-state index contributed by atoms with van der Waals surface area (Å²) < 4.78 is 15.7. The van der Waals surface area contributed by atoms with Crippen LogP contribution >= 0.6 is 0 Å². The standard InChI is InChI=1S/C16H18FN3O/c1-3-4-5-12(17)10(2)13-8-9-14-18-16(19-20(13)14)15(21)11-6-7-11/h3-5,11,13H,2,6-9H2,1H3/b4-3-,12-5+/t13-/m0/s1. The highest BCUT2D eigenvalue weighted by Gasteiger charge is 2.36. The maximum absolute atomic E-state index is 14.0. The molecule has 5 heteroatoms. The summed E-state index contributed by atoms with van der Waals surface area (Å²) in [6.07, 6.45) is 8.08. The maximum atomic E-state index is 14.0. The number of fused-ring (bicyclic) bond motifs is 1. The van der Waals surface area contributed by atoms with Gasteiger partial charge in [0.05, 0.1) is 6.04 Å². The van der Waals surface area contributed by atoms with Crippen molar-refractivity contribution in [3.63, 3.8) is 0 Å². The number of allylic oxidation sites excluding steroid dienone is 5. The highest BCUT2D eigenvalue weighted by atomic mass is 19.1. The molecule has 2 heterocycles. The van der Waals surface area contributed by atoms with E-state index in [0.717, 1.165) is 25.1 Å². The topological polar surface area (TPSA) is 47.8 Å². The van der Waals surface area contributed by atoms with Gasteiger partial charge in [-0.15, -0.1) is 5.10 Å². The molecule has 21 heavy (non-hydrogen) atoms. The molecular weight excluding hydrogens is 269 g/mol. The van der Waals surface area contributed by atoms with Gasteiger partial charge in [-0.25, -0.2) is 14.1 Å². The fourth-order valence-corrected chi connectivity index (χ4v) is 2.56. The zero-order chi connectivity index (χ0) is 15.0. The lowest BCUT2D eigenvalue weighted by Gasteiger charge is -2.13. The Hall–Kier alpha value is -2.04. The van der Waals surface area contributed by atoms with Gasteiger partial charge in [0.15, 0.2) is 0 Å². The van der Waals surface area contributed by atoms with Crippen LogP contribution in [0.5, 0.6) is 0 Å². The molecule has 110 valence electrons. The Morgan fingerprint density at radius 2 is 2.19 bits per heavy atom. The van der Waals surface area contributed by atoms with Crippen molar-refractivity contribution in [3.05, 3.63) is 47.9 Å². The molecule has 0 aromatic carbocycles. The number of ketones is 1. The van der Waals surface area contributed by atoms with Crippen molar-refractivity contribution in [1.82, 2.24) is 14.8 Å². The molecule has 1 aliphatic heterocycles. The van der Waals surface area contributed by atoms with E-state index in [1.165, 1.54) is 6.08 Å². The van der Waals surface area contributed by atoms with Gasteiger partial charge in [0.2, 0.25) is 11.6 Å². The van der Waals surface area contributed by atoms with Gasteiger partial charge in [0.1, 0.15) is 11.7 Å². The van der Waals surface area contributed by atoms with Gasteiger partial charge >= 0.3 is 0 Å². The number of Topliss-reactive ketones (excluding diaryl/α,β-unsaturated/α-hetero) is 1. The van der Waals surface area contributed by atoms with Crippen molar-refractivity contribution in [2.75, 3.05) is 0 Å². The Kier molecular flexibility index (Phi) is 3.57. The number of aryl methyl sites for hydroxylation is 1. The van der Waals surface area contributed by atoms with Crippen molar-refractivity contribution in [1.29, 1.82) is 0 Å². The lowest BCUT2D eigenvalue weighted by atomic mass is 10.1. The lowest BCUT2D eigenvalue weighted by molar-refractivity contribution is 0.0957. The Labute approximate surface area is 123 Å². The quantitative estimate of drug-likeness (QED) is 0.616. The van der Waals surface area contributed by atoms with Gasteiger partial charge < -0.3 is 0 Å². The fraction of sp³-hybridized carbons (Fsp3) is 0.438. The number of hydrogen-bond acceptors (Lipinski definition) is 3. The Bertz CT molecular complexity index is 652. The first-order chi connectivity index (χ1) is 10.1. The molecule has 4 nitrogen and oxygen atoms in total. The second-order valence-electron chi connectivity index (χ2n) is 5.55. The number of carbonyl (C=O) groups excluding carboxylic acids is 1. The van der Waals surface area contributed by atoms with Gasteiger partial charge in [0.25, 0.3) is 0 Å². The van der Waals surface area contributed by atoms with Crippen molar-refractivity contribution in [3.8, 4) is 0 Å². The molecule has 0 saturated heterocycles. The number of hydrogen-bond donors (Lipinski definition) is 0. The van der Waals surface area contributed by atoms with E-state index in [4.69, 9.17) is 0 Å². The molecule has 3 rings (SSSR count). The smallest absolute Gasteiger partial charge is 0.217 e. The highest BCUT2D eigenvalue weighted by molar-refractivity contribution is 5.95. The summed E-state index contributed by atoms with van der Waals surface area (Å²) in [6.45, 7) is 5.67. The third kappa shape index (κ3) is 2.60. The molecule has 0 bridgehead atoms. The largest absolute Gasteiger partial charge is 0.290 e. The van der Waals surface area contributed by atoms with Crippen LogP contribution < -0.4 is 0 Å². The zero-order valence-corrected chi connectivity index (χ0v) is 12.1. The van der Waals surface area contributed by atoms with E-state index >= 15 is 0 Å². The second-order valence-corrected chi connectivity index (χ2v) is 5.55. The zero-order valence-electron chi connectivity index (χ0n) is 12.1. The van der Waals surface area contributed by atoms with Crippen molar-refractivity contribution >= 4 is 5.78 Å². The Morgan fingerprint density at radius 3 is 2.86 bits per heavy atom. The van der Waals surface area contributed by atoms with Crippen molar-refractivity contribution in [2.24, 2.45) is 5.92 Å². The molecule has 0 radical (unpaired) electrons. The SMILES string of the molecule is C=C(/C(F)=C\C=C/C)[C@@H]1CCc2nc(C(=O)C3CC3)nn21. The molecule has 1 saturated carbocycles. The first-order valence-electron chi connectivity index (χ1n) is 7.29. The summed E-state index contributed by atoms with van der Waals surface area (Å²) in [6, 6.07) is -0.241. The molecule has 1 aliphatic carbocycles. The van der Waals surface area contributed by atoms with E-state index in [9.17, 15) is 9.18 Å². The van der Waals surface area contributed by atoms with Crippen LogP contribution in [0.1, 0.15) is 48.7 Å². The van der Waals surface area contributed by atoms with Crippen LogP contribution in [0.4, 0.5) is 4.39 Å². The van der Waals surface area contributed by atoms with Crippen molar-refractivity contribution < 1.29 is 9.18 Å².